The van der Waals surface area contributed by atoms with Gasteiger partial charge in [0, 0.05) is 37.3 Å². The van der Waals surface area contributed by atoms with Crippen LogP contribution in [-0.2, 0) is 19.5 Å². The summed E-state index contributed by atoms with van der Waals surface area (Å²) in [7, 11) is 0. The molecule has 0 amide bonds. The lowest BCUT2D eigenvalue weighted by molar-refractivity contribution is 0.111. The van der Waals surface area contributed by atoms with Gasteiger partial charge in [0.15, 0.2) is 6.29 Å². The Morgan fingerprint density at radius 3 is 2.94 bits per heavy atom. The lowest BCUT2D eigenvalue weighted by Gasteiger charge is -2.26. The van der Waals surface area contributed by atoms with E-state index in [2.05, 4.69) is 39.4 Å². The Kier molecular flexibility index (Phi) is 2.94. The highest BCUT2D eigenvalue weighted by molar-refractivity contribution is 5.74. The van der Waals surface area contributed by atoms with Crippen LogP contribution in [0.15, 0.2) is 30.3 Å². The fourth-order valence-corrected chi connectivity index (χ4v) is 2.45. The van der Waals surface area contributed by atoms with E-state index in [4.69, 9.17) is 0 Å². The number of carbonyl (C=O) groups excluding carboxylic acids is 1. The molecule has 3 rings (SSSR count). The number of aromatic nitrogens is 2. The summed E-state index contributed by atoms with van der Waals surface area (Å²) in [5, 5.41) is 6.99. The van der Waals surface area contributed by atoms with E-state index >= 15 is 0 Å². The molecule has 0 spiro atoms. The molecule has 1 aromatic heterocycles. The van der Waals surface area contributed by atoms with Crippen molar-refractivity contribution in [2.24, 2.45) is 0 Å². The van der Waals surface area contributed by atoms with Gasteiger partial charge in [-0.2, -0.15) is 5.10 Å². The van der Waals surface area contributed by atoms with Crippen LogP contribution >= 0.6 is 0 Å². The number of nitrogens with one attached hydrogen (secondary N) is 1. The van der Waals surface area contributed by atoms with Crippen molar-refractivity contribution >= 4 is 6.29 Å². The van der Waals surface area contributed by atoms with Crippen LogP contribution in [0, 0.1) is 0 Å². The maximum absolute atomic E-state index is 10.9. The van der Waals surface area contributed by atoms with E-state index in [0.29, 0.717) is 5.69 Å². The SMILES string of the molecule is O=Cc1n[nH]c2c1CN(Cc1ccccc1)CC2. The summed E-state index contributed by atoms with van der Waals surface area (Å²) in [4.78, 5) is 13.3. The normalized spacial score (nSPS) is 15.3. The molecule has 2 heterocycles. The second-order valence-corrected chi connectivity index (χ2v) is 4.63. The summed E-state index contributed by atoms with van der Waals surface area (Å²) in [6.45, 7) is 2.72. The van der Waals surface area contributed by atoms with Crippen LogP contribution in [0.25, 0.3) is 0 Å². The molecule has 4 heteroatoms. The fraction of sp³-hybridized carbons (Fsp3) is 0.286. The van der Waals surface area contributed by atoms with Gasteiger partial charge in [0.1, 0.15) is 5.69 Å². The molecule has 0 saturated heterocycles. The number of hydrogen-bond donors (Lipinski definition) is 1. The van der Waals surface area contributed by atoms with Crippen molar-refractivity contribution in [2.45, 2.75) is 19.5 Å². The van der Waals surface area contributed by atoms with Gasteiger partial charge in [0.05, 0.1) is 0 Å². The maximum Gasteiger partial charge on any atom is 0.170 e. The average Bonchev–Trinajstić information content (AvgIpc) is 2.82. The Bertz CT molecular complexity index is 547. The lowest BCUT2D eigenvalue weighted by Crippen LogP contribution is -2.30. The molecule has 1 aliphatic rings. The predicted octanol–water partition coefficient (Wildman–Crippen LogP) is 1.78. The van der Waals surface area contributed by atoms with Gasteiger partial charge in [-0.05, 0) is 5.56 Å². The molecule has 92 valence electrons. The van der Waals surface area contributed by atoms with Gasteiger partial charge in [0.2, 0.25) is 0 Å². The van der Waals surface area contributed by atoms with Gasteiger partial charge < -0.3 is 0 Å². The van der Waals surface area contributed by atoms with E-state index in [1.807, 2.05) is 6.07 Å². The molecule has 4 nitrogen and oxygen atoms in total. The summed E-state index contributed by atoms with van der Waals surface area (Å²) in [6, 6.07) is 10.4. The number of aldehydes is 1. The number of aromatic amines is 1. The molecule has 0 saturated carbocycles. The number of nitrogens with zero attached hydrogens (tertiary/aromatic N) is 2. The third-order valence-electron chi connectivity index (χ3n) is 3.41. The number of carbonyl (C=O) groups is 1. The molecular formula is C14H15N3O. The molecule has 2 aromatic rings. The smallest absolute Gasteiger partial charge is 0.170 e. The predicted molar refractivity (Wildman–Crippen MR) is 68.2 cm³/mol. The number of fused-ring (bicyclic) bond motifs is 1. The van der Waals surface area contributed by atoms with Crippen LogP contribution in [0.3, 0.4) is 0 Å². The summed E-state index contributed by atoms with van der Waals surface area (Å²) in [6.07, 6.45) is 1.77. The minimum absolute atomic E-state index is 0.558. The van der Waals surface area contributed by atoms with Gasteiger partial charge in [-0.3, -0.25) is 14.8 Å². The average molecular weight is 241 g/mol. The first kappa shape index (κ1) is 11.2. The molecule has 1 aromatic carbocycles. The Hall–Kier alpha value is -1.94. The number of H-pyrrole nitrogens is 1. The van der Waals surface area contributed by atoms with Gasteiger partial charge in [-0.1, -0.05) is 30.3 Å². The highest BCUT2D eigenvalue weighted by atomic mass is 16.1. The second-order valence-electron chi connectivity index (χ2n) is 4.63. The Morgan fingerprint density at radius 1 is 1.33 bits per heavy atom. The lowest BCUT2D eigenvalue weighted by atomic mass is 10.0. The van der Waals surface area contributed by atoms with Crippen LogP contribution in [0.2, 0.25) is 0 Å². The van der Waals surface area contributed by atoms with Crippen LogP contribution in [0.5, 0.6) is 0 Å². The van der Waals surface area contributed by atoms with Gasteiger partial charge in [-0.15, -0.1) is 0 Å². The van der Waals surface area contributed by atoms with E-state index in [0.717, 1.165) is 43.6 Å². The molecule has 18 heavy (non-hydrogen) atoms. The first-order valence-electron chi connectivity index (χ1n) is 6.14. The van der Waals surface area contributed by atoms with Crippen LogP contribution in [0.1, 0.15) is 27.3 Å². The number of benzene rings is 1. The molecule has 0 unspecified atom stereocenters. The zero-order chi connectivity index (χ0) is 12.4. The zero-order valence-electron chi connectivity index (χ0n) is 10.1. The molecular weight excluding hydrogens is 226 g/mol. The van der Waals surface area contributed by atoms with Crippen molar-refractivity contribution < 1.29 is 4.79 Å². The Morgan fingerprint density at radius 2 is 2.17 bits per heavy atom. The second kappa shape index (κ2) is 4.74. The molecule has 0 atom stereocenters. The van der Waals surface area contributed by atoms with Crippen molar-refractivity contribution in [1.82, 2.24) is 15.1 Å². The van der Waals surface area contributed by atoms with E-state index in [1.54, 1.807) is 0 Å². The van der Waals surface area contributed by atoms with E-state index in [1.165, 1.54) is 5.56 Å². The minimum atomic E-state index is 0.558. The van der Waals surface area contributed by atoms with E-state index in [9.17, 15) is 4.79 Å². The summed E-state index contributed by atoms with van der Waals surface area (Å²) >= 11 is 0. The summed E-state index contributed by atoms with van der Waals surface area (Å²) in [5.74, 6) is 0. The molecule has 1 N–H and O–H groups in total. The molecule has 0 aliphatic carbocycles. The van der Waals surface area contributed by atoms with Crippen LogP contribution in [-0.4, -0.2) is 27.9 Å². The quantitative estimate of drug-likeness (QED) is 0.833. The van der Waals surface area contributed by atoms with Gasteiger partial charge in [-0.25, -0.2) is 0 Å². The third-order valence-corrected chi connectivity index (χ3v) is 3.41. The minimum Gasteiger partial charge on any atom is -0.296 e. The van der Waals surface area contributed by atoms with E-state index < -0.39 is 0 Å². The van der Waals surface area contributed by atoms with Gasteiger partial charge >= 0.3 is 0 Å². The molecule has 0 fully saturated rings. The summed E-state index contributed by atoms with van der Waals surface area (Å²) in [5.41, 5.74) is 4.04. The number of rotatable bonds is 3. The van der Waals surface area contributed by atoms with Crippen molar-refractivity contribution in [3.05, 3.63) is 52.8 Å². The topological polar surface area (TPSA) is 49.0 Å². The molecule has 1 aliphatic heterocycles. The fourth-order valence-electron chi connectivity index (χ4n) is 2.45. The van der Waals surface area contributed by atoms with Crippen molar-refractivity contribution in [3.8, 4) is 0 Å². The highest BCUT2D eigenvalue weighted by Crippen LogP contribution is 2.20. The number of hydrogen-bond acceptors (Lipinski definition) is 3. The van der Waals surface area contributed by atoms with Crippen molar-refractivity contribution in [2.75, 3.05) is 6.54 Å². The first-order chi connectivity index (χ1) is 8.86. The summed E-state index contributed by atoms with van der Waals surface area (Å²) < 4.78 is 0. The first-order valence-corrected chi connectivity index (χ1v) is 6.14. The largest absolute Gasteiger partial charge is 0.296 e. The zero-order valence-corrected chi connectivity index (χ0v) is 10.1. The third kappa shape index (κ3) is 2.07. The van der Waals surface area contributed by atoms with Crippen LogP contribution < -0.4 is 0 Å². The molecule has 0 radical (unpaired) electrons. The highest BCUT2D eigenvalue weighted by Gasteiger charge is 2.21. The van der Waals surface area contributed by atoms with E-state index in [-0.39, 0.29) is 0 Å². The van der Waals surface area contributed by atoms with Gasteiger partial charge in [0.25, 0.3) is 0 Å². The Balaban J connectivity index is 1.76. The monoisotopic (exact) mass is 241 g/mol. The maximum atomic E-state index is 10.9. The Labute approximate surface area is 106 Å². The van der Waals surface area contributed by atoms with Crippen LogP contribution in [0.4, 0.5) is 0 Å². The van der Waals surface area contributed by atoms with Crippen molar-refractivity contribution in [1.29, 1.82) is 0 Å². The van der Waals surface area contributed by atoms with Crippen molar-refractivity contribution in [3.63, 3.8) is 0 Å². The molecule has 0 bridgehead atoms. The standard InChI is InChI=1S/C14H15N3O/c18-10-14-12-9-17(7-6-13(12)15-16-14)8-11-4-2-1-3-5-11/h1-5,10H,6-9H2,(H,15,16).